The summed E-state index contributed by atoms with van der Waals surface area (Å²) in [6, 6.07) is 3.71. The van der Waals surface area contributed by atoms with Gasteiger partial charge in [-0.3, -0.25) is 4.90 Å². The van der Waals surface area contributed by atoms with Crippen molar-refractivity contribution in [3.8, 4) is 17.0 Å². The Balaban J connectivity index is 1.53. The van der Waals surface area contributed by atoms with Crippen LogP contribution >= 0.6 is 0 Å². The monoisotopic (exact) mass is 534 g/mol. The van der Waals surface area contributed by atoms with Gasteiger partial charge in [0.2, 0.25) is 11.8 Å². The van der Waals surface area contributed by atoms with Crippen LogP contribution in [0.25, 0.3) is 27.7 Å². The number of nitrogens with zero attached hydrogens (tertiary/aromatic N) is 7. The van der Waals surface area contributed by atoms with Crippen molar-refractivity contribution in [2.45, 2.75) is 43.7 Å². The van der Waals surface area contributed by atoms with Gasteiger partial charge in [-0.25, -0.2) is 26.8 Å². The van der Waals surface area contributed by atoms with Gasteiger partial charge in [0.25, 0.3) is 12.3 Å². The fourth-order valence-electron chi connectivity index (χ4n) is 5.39. The number of hydrogen-bond donors (Lipinski definition) is 1. The molecule has 2 aliphatic heterocycles. The zero-order valence-electron chi connectivity index (χ0n) is 20.7. The molecule has 2 atom stereocenters. The van der Waals surface area contributed by atoms with E-state index in [0.29, 0.717) is 53.0 Å². The second-order valence-corrected chi connectivity index (χ2v) is 9.81. The number of piperidine rings is 1. The van der Waals surface area contributed by atoms with E-state index in [9.17, 15) is 8.78 Å². The van der Waals surface area contributed by atoms with Crippen molar-refractivity contribution in [3.05, 3.63) is 30.0 Å². The van der Waals surface area contributed by atoms with Crippen molar-refractivity contribution in [2.75, 3.05) is 39.1 Å². The fourth-order valence-corrected chi connectivity index (χ4v) is 5.39. The van der Waals surface area contributed by atoms with Crippen molar-refractivity contribution in [1.82, 2.24) is 34.5 Å². The van der Waals surface area contributed by atoms with Gasteiger partial charge >= 0.3 is 0 Å². The molecule has 0 saturated carbocycles. The number of fused-ring (bicyclic) bond motifs is 2. The zero-order chi connectivity index (χ0) is 26.8. The summed E-state index contributed by atoms with van der Waals surface area (Å²) in [5.41, 5.74) is 8.23. The summed E-state index contributed by atoms with van der Waals surface area (Å²) in [5, 5.41) is 12.1. The van der Waals surface area contributed by atoms with Gasteiger partial charge in [0.15, 0.2) is 0 Å². The molecule has 14 heteroatoms. The third-order valence-corrected chi connectivity index (χ3v) is 7.49. The number of aromatic nitrogens is 6. The van der Waals surface area contributed by atoms with Gasteiger partial charge in [-0.15, -0.1) is 10.2 Å². The number of anilines is 1. The van der Waals surface area contributed by atoms with E-state index in [2.05, 4.69) is 20.4 Å². The molecule has 0 unspecified atom stereocenters. The summed E-state index contributed by atoms with van der Waals surface area (Å²) in [4.78, 5) is 5.93. The first-order valence-corrected chi connectivity index (χ1v) is 12.2. The van der Waals surface area contributed by atoms with E-state index in [-0.39, 0.29) is 24.3 Å². The maximum atomic E-state index is 15.8. The highest BCUT2D eigenvalue weighted by molar-refractivity contribution is 5.92. The van der Waals surface area contributed by atoms with Crippen LogP contribution in [0.3, 0.4) is 0 Å². The van der Waals surface area contributed by atoms with Crippen molar-refractivity contribution < 1.29 is 27.0 Å². The maximum absolute atomic E-state index is 15.8. The lowest BCUT2D eigenvalue weighted by atomic mass is 9.83. The molecule has 1 aromatic carbocycles. The molecule has 3 aromatic heterocycles. The highest BCUT2D eigenvalue weighted by Crippen LogP contribution is 2.47. The molecule has 0 aliphatic carbocycles. The molecule has 10 nitrogen and oxygen atoms in total. The van der Waals surface area contributed by atoms with E-state index in [1.807, 2.05) is 0 Å². The number of ether oxygens (including phenoxy) is 2. The van der Waals surface area contributed by atoms with Gasteiger partial charge in [-0.2, -0.15) is 4.98 Å². The molecule has 0 amide bonds. The summed E-state index contributed by atoms with van der Waals surface area (Å²) < 4.78 is 71.8. The molecule has 2 N–H and O–H groups in total. The van der Waals surface area contributed by atoms with Crippen LogP contribution in [0.1, 0.15) is 30.9 Å². The van der Waals surface area contributed by atoms with Crippen LogP contribution in [0.5, 0.6) is 5.88 Å². The number of benzene rings is 1. The van der Waals surface area contributed by atoms with Crippen molar-refractivity contribution in [1.29, 1.82) is 0 Å². The number of rotatable bonds is 6. The van der Waals surface area contributed by atoms with Crippen molar-refractivity contribution in [2.24, 2.45) is 0 Å². The van der Waals surface area contributed by atoms with Crippen LogP contribution in [0.15, 0.2) is 24.4 Å². The molecule has 6 rings (SSSR count). The van der Waals surface area contributed by atoms with Gasteiger partial charge in [0.1, 0.15) is 17.1 Å². The highest BCUT2D eigenvalue weighted by Gasteiger charge is 2.49. The van der Waals surface area contributed by atoms with E-state index in [0.717, 1.165) is 4.68 Å². The summed E-state index contributed by atoms with van der Waals surface area (Å²) in [5.74, 6) is -4.17. The molecule has 202 valence electrons. The minimum absolute atomic E-state index is 0.00724. The lowest BCUT2D eigenvalue weighted by molar-refractivity contribution is -0.136. The smallest absolute Gasteiger partial charge is 0.267 e. The Kier molecular flexibility index (Phi) is 5.90. The minimum Gasteiger partial charge on any atom is -0.479 e. The van der Waals surface area contributed by atoms with E-state index in [4.69, 9.17) is 15.2 Å². The number of nitrogen functional groups attached to an aromatic ring is 1. The zero-order valence-corrected chi connectivity index (χ0v) is 20.7. The molecule has 0 spiro atoms. The molecule has 2 fully saturated rings. The lowest BCUT2D eigenvalue weighted by Gasteiger charge is -2.44. The SMILES string of the molecule is COc1nc(N)nn2cc([C@H]3CCN(C4COC4)CC3(F)F)c(-c3ccc4nnn([C@H](C)C(F)F)c4c3)c12. The van der Waals surface area contributed by atoms with E-state index < -0.39 is 30.9 Å². The molecule has 2 saturated heterocycles. The van der Waals surface area contributed by atoms with Crippen LogP contribution in [0, 0.1) is 0 Å². The Morgan fingerprint density at radius 1 is 1.24 bits per heavy atom. The van der Waals surface area contributed by atoms with Gasteiger partial charge in [-0.1, -0.05) is 11.3 Å². The van der Waals surface area contributed by atoms with Crippen LogP contribution in [0.4, 0.5) is 23.5 Å². The third kappa shape index (κ3) is 3.93. The topological polar surface area (TPSA) is 109 Å². The number of halogens is 4. The summed E-state index contributed by atoms with van der Waals surface area (Å²) in [6.45, 7) is 2.32. The standard InChI is InChI=1S/C24H26F4N8O2/c1-12(21(25)26)36-18-7-13(3-4-17(18)31-33-36)19-15(8-35-20(19)22(37-2)30-23(29)32-35)16-5-6-34(11-24(16,27)28)14-9-38-10-14/h3-4,7-8,12,14,16,21H,5-6,9-11H2,1-2H3,(H2,29,32)/t12-,16-/m1/s1. The number of nitrogens with two attached hydrogens (primary N) is 1. The Morgan fingerprint density at radius 2 is 2.03 bits per heavy atom. The first kappa shape index (κ1) is 24.8. The average Bonchev–Trinajstić information content (AvgIpc) is 3.42. The Hall–Kier alpha value is -3.52. The van der Waals surface area contributed by atoms with E-state index in [1.54, 1.807) is 23.1 Å². The lowest BCUT2D eigenvalue weighted by Crippen LogP contribution is -2.57. The van der Waals surface area contributed by atoms with Crippen LogP contribution in [-0.4, -0.2) is 86.3 Å². The van der Waals surface area contributed by atoms with Gasteiger partial charge in [-0.05, 0) is 43.1 Å². The van der Waals surface area contributed by atoms with Gasteiger partial charge < -0.3 is 15.2 Å². The van der Waals surface area contributed by atoms with E-state index >= 15 is 8.78 Å². The van der Waals surface area contributed by atoms with Crippen LogP contribution < -0.4 is 10.5 Å². The second-order valence-electron chi connectivity index (χ2n) is 9.81. The van der Waals surface area contributed by atoms with Gasteiger partial charge in [0.05, 0.1) is 44.3 Å². The molecule has 5 heterocycles. The minimum atomic E-state index is -3.06. The Bertz CT molecular complexity index is 1500. The fraction of sp³-hybridized carbons (Fsp3) is 0.500. The molecule has 2 aliphatic rings. The van der Waals surface area contributed by atoms with Crippen molar-refractivity contribution in [3.63, 3.8) is 0 Å². The Labute approximate surface area is 214 Å². The molecular formula is C24H26F4N8O2. The molecule has 0 radical (unpaired) electrons. The number of likely N-dealkylation sites (tertiary alicyclic amines) is 1. The average molecular weight is 535 g/mol. The Morgan fingerprint density at radius 3 is 2.68 bits per heavy atom. The van der Waals surface area contributed by atoms with E-state index in [1.165, 1.54) is 24.7 Å². The highest BCUT2D eigenvalue weighted by atomic mass is 19.3. The number of alkyl halides is 4. The van der Waals surface area contributed by atoms with Crippen LogP contribution in [-0.2, 0) is 4.74 Å². The molecular weight excluding hydrogens is 508 g/mol. The molecule has 38 heavy (non-hydrogen) atoms. The third-order valence-electron chi connectivity index (χ3n) is 7.49. The quantitative estimate of drug-likeness (QED) is 0.375. The normalized spacial score (nSPS) is 21.3. The summed E-state index contributed by atoms with van der Waals surface area (Å²) in [6.07, 6.45) is -0.938. The van der Waals surface area contributed by atoms with Gasteiger partial charge in [0, 0.05) is 11.8 Å². The van der Waals surface area contributed by atoms with Crippen LogP contribution in [0.2, 0.25) is 0 Å². The summed E-state index contributed by atoms with van der Waals surface area (Å²) >= 11 is 0. The maximum Gasteiger partial charge on any atom is 0.267 e. The predicted octanol–water partition coefficient (Wildman–Crippen LogP) is 3.38. The largest absolute Gasteiger partial charge is 0.479 e. The number of methoxy groups -OCH3 is 1. The summed E-state index contributed by atoms with van der Waals surface area (Å²) in [7, 11) is 1.40. The van der Waals surface area contributed by atoms with Crippen molar-refractivity contribution >= 4 is 22.5 Å². The first-order chi connectivity index (χ1) is 18.2. The first-order valence-electron chi connectivity index (χ1n) is 12.2. The molecule has 4 aromatic rings. The number of hydrogen-bond acceptors (Lipinski definition) is 8. The molecule has 0 bridgehead atoms. The second kappa shape index (κ2) is 9.05. The predicted molar refractivity (Wildman–Crippen MR) is 130 cm³/mol.